The number of carbonyl (C=O) groups excluding carboxylic acids is 2. The number of nitrogens with one attached hydrogen (secondary N) is 1. The fourth-order valence-electron chi connectivity index (χ4n) is 2.13. The van der Waals surface area contributed by atoms with Gasteiger partial charge >= 0.3 is 12.1 Å². The number of nitrogen functional groups attached to an aromatic ring is 1. The van der Waals surface area contributed by atoms with Gasteiger partial charge in [-0.2, -0.15) is 0 Å². The third kappa shape index (κ3) is 4.74. The highest BCUT2D eigenvalue weighted by molar-refractivity contribution is 5.94. The minimum absolute atomic E-state index is 0.0311. The molecule has 0 aliphatic rings. The van der Waals surface area contributed by atoms with Crippen molar-refractivity contribution in [1.29, 1.82) is 0 Å². The van der Waals surface area contributed by atoms with Crippen LogP contribution in [0.15, 0.2) is 36.4 Å². The van der Waals surface area contributed by atoms with Gasteiger partial charge in [0.15, 0.2) is 0 Å². The topological polar surface area (TPSA) is 90.6 Å². The van der Waals surface area contributed by atoms with Gasteiger partial charge in [0.2, 0.25) is 0 Å². The highest BCUT2D eigenvalue weighted by Gasteiger charge is 2.15. The molecule has 0 unspecified atom stereocenters. The fraction of sp³-hybridized carbons (Fsp3) is 0.158. The summed E-state index contributed by atoms with van der Waals surface area (Å²) in [6, 6.07) is 9.20. The van der Waals surface area contributed by atoms with Crippen molar-refractivity contribution in [3.8, 4) is 11.8 Å². The summed E-state index contributed by atoms with van der Waals surface area (Å²) in [5.41, 5.74) is 7.52. The Hall–Kier alpha value is -3.53. The zero-order valence-corrected chi connectivity index (χ0v) is 14.3. The first-order valence-electron chi connectivity index (χ1n) is 7.54. The molecule has 3 N–H and O–H groups in total. The molecule has 1 amide bonds. The number of alkyl carbamates (subject to hydrolysis) is 1. The minimum Gasteiger partial charge on any atom is -0.465 e. The zero-order valence-electron chi connectivity index (χ0n) is 14.3. The standard InChI is InChI=1S/C19H17FN2O4/c1-25-18(23)16-9-14(20)10-17(21)15(16)8-7-12-3-5-13(6-4-12)11-22-19(24)26-2/h3-6,9-10H,11,21H2,1-2H3,(H,22,24). The maximum atomic E-state index is 13.5. The van der Waals surface area contributed by atoms with Crippen LogP contribution in [0.5, 0.6) is 0 Å². The Balaban J connectivity index is 2.24. The quantitative estimate of drug-likeness (QED) is 0.501. The summed E-state index contributed by atoms with van der Waals surface area (Å²) in [5.74, 6) is 4.30. The summed E-state index contributed by atoms with van der Waals surface area (Å²) in [7, 11) is 2.49. The molecule has 2 rings (SSSR count). The molecule has 0 radical (unpaired) electrons. The number of anilines is 1. The van der Waals surface area contributed by atoms with E-state index in [1.54, 1.807) is 24.3 Å². The number of nitrogens with two attached hydrogens (primary N) is 1. The molecule has 0 bridgehead atoms. The van der Waals surface area contributed by atoms with Crippen LogP contribution in [0.2, 0.25) is 0 Å². The van der Waals surface area contributed by atoms with Crippen molar-refractivity contribution < 1.29 is 23.5 Å². The van der Waals surface area contributed by atoms with E-state index in [4.69, 9.17) is 5.73 Å². The summed E-state index contributed by atoms with van der Waals surface area (Å²) < 4.78 is 22.6. The summed E-state index contributed by atoms with van der Waals surface area (Å²) in [6.45, 7) is 0.317. The third-order valence-electron chi connectivity index (χ3n) is 3.45. The number of amides is 1. The molecule has 0 aliphatic carbocycles. The lowest BCUT2D eigenvalue weighted by atomic mass is 10.0. The van der Waals surface area contributed by atoms with Gasteiger partial charge in [-0.1, -0.05) is 24.0 Å². The van der Waals surface area contributed by atoms with Gasteiger partial charge in [-0.15, -0.1) is 0 Å². The number of methoxy groups -OCH3 is 2. The van der Waals surface area contributed by atoms with Crippen LogP contribution in [0.4, 0.5) is 14.9 Å². The molecule has 2 aromatic carbocycles. The predicted octanol–water partition coefficient (Wildman–Crippen LogP) is 2.45. The van der Waals surface area contributed by atoms with Gasteiger partial charge < -0.3 is 20.5 Å². The van der Waals surface area contributed by atoms with Crippen molar-refractivity contribution >= 4 is 17.7 Å². The largest absolute Gasteiger partial charge is 0.465 e. The lowest BCUT2D eigenvalue weighted by molar-refractivity contribution is 0.0600. The number of esters is 1. The lowest BCUT2D eigenvalue weighted by Gasteiger charge is -2.06. The lowest BCUT2D eigenvalue weighted by Crippen LogP contribution is -2.22. The van der Waals surface area contributed by atoms with Crippen molar-refractivity contribution in [2.75, 3.05) is 20.0 Å². The normalized spacial score (nSPS) is 9.65. The van der Waals surface area contributed by atoms with Gasteiger partial charge in [0.05, 0.1) is 31.0 Å². The third-order valence-corrected chi connectivity index (χ3v) is 3.45. The molecule has 2 aromatic rings. The maximum Gasteiger partial charge on any atom is 0.407 e. The fourth-order valence-corrected chi connectivity index (χ4v) is 2.13. The van der Waals surface area contributed by atoms with Gasteiger partial charge in [0, 0.05) is 12.1 Å². The van der Waals surface area contributed by atoms with Gasteiger partial charge in [0.1, 0.15) is 5.82 Å². The Bertz CT molecular complexity index is 883. The molecule has 0 spiro atoms. The van der Waals surface area contributed by atoms with Crippen LogP contribution < -0.4 is 11.1 Å². The second-order valence-electron chi connectivity index (χ2n) is 5.20. The average Bonchev–Trinajstić information content (AvgIpc) is 2.65. The van der Waals surface area contributed by atoms with Crippen LogP contribution in [0, 0.1) is 17.7 Å². The predicted molar refractivity (Wildman–Crippen MR) is 93.8 cm³/mol. The molecule has 0 heterocycles. The van der Waals surface area contributed by atoms with Crippen molar-refractivity contribution in [2.24, 2.45) is 0 Å². The number of benzene rings is 2. The van der Waals surface area contributed by atoms with Crippen molar-refractivity contribution in [3.63, 3.8) is 0 Å². The van der Waals surface area contributed by atoms with Crippen LogP contribution in [-0.4, -0.2) is 26.3 Å². The smallest absolute Gasteiger partial charge is 0.407 e. The molecule has 0 saturated carbocycles. The Kier molecular flexibility index (Phi) is 6.17. The molecule has 7 heteroatoms. The number of halogens is 1. The highest BCUT2D eigenvalue weighted by Crippen LogP contribution is 2.19. The van der Waals surface area contributed by atoms with Gasteiger partial charge in [-0.05, 0) is 29.8 Å². The Morgan fingerprint density at radius 2 is 1.81 bits per heavy atom. The van der Waals surface area contributed by atoms with Crippen molar-refractivity contribution in [1.82, 2.24) is 5.32 Å². The molecule has 6 nitrogen and oxygen atoms in total. The first-order valence-corrected chi connectivity index (χ1v) is 7.54. The Morgan fingerprint density at radius 1 is 1.12 bits per heavy atom. The van der Waals surface area contributed by atoms with E-state index in [1.807, 2.05) is 0 Å². The average molecular weight is 356 g/mol. The van der Waals surface area contributed by atoms with Gasteiger partial charge in [0.25, 0.3) is 0 Å². The molecule has 0 fully saturated rings. The zero-order chi connectivity index (χ0) is 19.1. The molecular formula is C19H17FN2O4. The Morgan fingerprint density at radius 3 is 2.42 bits per heavy atom. The Labute approximate surface area is 150 Å². The second kappa shape index (κ2) is 8.53. The maximum absolute atomic E-state index is 13.5. The summed E-state index contributed by atoms with van der Waals surface area (Å²) >= 11 is 0. The number of hydrogen-bond acceptors (Lipinski definition) is 5. The molecule has 0 atom stereocenters. The van der Waals surface area contributed by atoms with E-state index < -0.39 is 17.9 Å². The number of hydrogen-bond donors (Lipinski definition) is 2. The van der Waals surface area contributed by atoms with E-state index in [0.29, 0.717) is 12.1 Å². The van der Waals surface area contributed by atoms with E-state index in [-0.39, 0.29) is 16.8 Å². The van der Waals surface area contributed by atoms with E-state index in [2.05, 4.69) is 26.6 Å². The first-order chi connectivity index (χ1) is 12.4. The molecule has 0 saturated heterocycles. The molecular weight excluding hydrogens is 339 g/mol. The molecule has 134 valence electrons. The van der Waals surface area contributed by atoms with E-state index in [9.17, 15) is 14.0 Å². The van der Waals surface area contributed by atoms with Crippen LogP contribution in [0.25, 0.3) is 0 Å². The summed E-state index contributed by atoms with van der Waals surface area (Å²) in [5, 5.41) is 2.56. The van der Waals surface area contributed by atoms with Gasteiger partial charge in [-0.3, -0.25) is 0 Å². The van der Waals surface area contributed by atoms with E-state index >= 15 is 0 Å². The monoisotopic (exact) mass is 356 g/mol. The SMILES string of the molecule is COC(=O)NCc1ccc(C#Cc2c(N)cc(F)cc2C(=O)OC)cc1. The number of rotatable bonds is 3. The summed E-state index contributed by atoms with van der Waals surface area (Å²) in [6.07, 6.45) is -0.518. The van der Waals surface area contributed by atoms with Crippen LogP contribution >= 0.6 is 0 Å². The van der Waals surface area contributed by atoms with Crippen LogP contribution in [-0.2, 0) is 16.0 Å². The minimum atomic E-state index is -0.718. The first kappa shape index (κ1) is 18.8. The molecule has 0 aliphatic heterocycles. The van der Waals surface area contributed by atoms with Crippen molar-refractivity contribution in [2.45, 2.75) is 6.54 Å². The number of carbonyl (C=O) groups is 2. The van der Waals surface area contributed by atoms with E-state index in [0.717, 1.165) is 17.7 Å². The molecule has 0 aromatic heterocycles. The molecule has 26 heavy (non-hydrogen) atoms. The highest BCUT2D eigenvalue weighted by atomic mass is 19.1. The van der Waals surface area contributed by atoms with Crippen molar-refractivity contribution in [3.05, 3.63) is 64.5 Å². The van der Waals surface area contributed by atoms with Gasteiger partial charge in [-0.25, -0.2) is 14.0 Å². The number of ether oxygens (including phenoxy) is 2. The van der Waals surface area contributed by atoms with Crippen LogP contribution in [0.3, 0.4) is 0 Å². The van der Waals surface area contributed by atoms with E-state index in [1.165, 1.54) is 14.2 Å². The van der Waals surface area contributed by atoms with Crippen LogP contribution in [0.1, 0.15) is 27.0 Å². The summed E-state index contributed by atoms with van der Waals surface area (Å²) in [4.78, 5) is 22.8. The second-order valence-corrected chi connectivity index (χ2v) is 5.20.